The number of benzene rings is 1. The van der Waals surface area contributed by atoms with Crippen molar-refractivity contribution in [3.8, 4) is 22.5 Å². The van der Waals surface area contributed by atoms with Gasteiger partial charge < -0.3 is 5.32 Å². The van der Waals surface area contributed by atoms with Crippen LogP contribution in [0.1, 0.15) is 12.5 Å². The maximum atomic E-state index is 11.2. The Kier molecular flexibility index (Phi) is 3.76. The topological polar surface area (TPSA) is 88.5 Å². The molecule has 4 rings (SSSR count). The van der Waals surface area contributed by atoms with Crippen molar-refractivity contribution < 1.29 is 4.79 Å². The summed E-state index contributed by atoms with van der Waals surface area (Å²) < 4.78 is 1.75. The molecule has 4 aromatic rings. The highest BCUT2D eigenvalue weighted by Crippen LogP contribution is 2.30. The minimum absolute atomic E-state index is 0.0868. The summed E-state index contributed by atoms with van der Waals surface area (Å²) in [5.74, 6) is -0.0868. The fraction of sp³-hybridized carbons (Fsp3) is 0.158. The second kappa shape index (κ2) is 6.11. The van der Waals surface area contributed by atoms with Crippen LogP contribution in [0.25, 0.3) is 33.4 Å². The number of carbonyl (C=O) groups excluding carboxylic acids is 1. The third-order valence-electron chi connectivity index (χ3n) is 4.25. The molecule has 7 heteroatoms. The summed E-state index contributed by atoms with van der Waals surface area (Å²) in [7, 11) is 1.88. The number of pyridine rings is 1. The maximum Gasteiger partial charge on any atom is 0.221 e. The Morgan fingerprint density at radius 3 is 2.77 bits per heavy atom. The number of nitrogens with one attached hydrogen (secondary N) is 2. The zero-order valence-electron chi connectivity index (χ0n) is 14.7. The number of hydrogen-bond acceptors (Lipinski definition) is 4. The number of nitrogens with zero attached hydrogens (tertiary/aromatic N) is 4. The third kappa shape index (κ3) is 2.83. The van der Waals surface area contributed by atoms with Gasteiger partial charge in [0.1, 0.15) is 5.69 Å². The van der Waals surface area contributed by atoms with Crippen molar-refractivity contribution >= 4 is 22.5 Å². The molecule has 0 radical (unpaired) electrons. The molecule has 0 saturated heterocycles. The lowest BCUT2D eigenvalue weighted by Gasteiger charge is -2.09. The molecule has 0 aliphatic rings. The first kappa shape index (κ1) is 16.0. The third-order valence-corrected chi connectivity index (χ3v) is 4.25. The number of fused-ring (bicyclic) bond motifs is 1. The summed E-state index contributed by atoms with van der Waals surface area (Å²) in [5.41, 5.74) is 6.36. The molecule has 26 heavy (non-hydrogen) atoms. The molecule has 0 saturated carbocycles. The molecule has 0 fully saturated rings. The van der Waals surface area contributed by atoms with Gasteiger partial charge in [-0.3, -0.25) is 19.6 Å². The van der Waals surface area contributed by atoms with E-state index in [9.17, 15) is 4.79 Å². The van der Waals surface area contributed by atoms with Gasteiger partial charge in [-0.15, -0.1) is 0 Å². The molecule has 7 nitrogen and oxygen atoms in total. The molecule has 1 amide bonds. The molecule has 2 N–H and O–H groups in total. The zero-order valence-corrected chi connectivity index (χ0v) is 14.7. The minimum Gasteiger partial charge on any atom is -0.326 e. The minimum atomic E-state index is -0.0868. The van der Waals surface area contributed by atoms with Crippen LogP contribution in [-0.4, -0.2) is 30.9 Å². The number of amides is 1. The van der Waals surface area contributed by atoms with Crippen molar-refractivity contribution in [2.24, 2.45) is 7.05 Å². The van der Waals surface area contributed by atoms with Crippen LogP contribution in [0.15, 0.2) is 42.9 Å². The second-order valence-electron chi connectivity index (χ2n) is 6.30. The Balaban J connectivity index is 1.79. The molecule has 0 unspecified atom stereocenters. The zero-order chi connectivity index (χ0) is 18.3. The fourth-order valence-electron chi connectivity index (χ4n) is 3.06. The lowest BCUT2D eigenvalue weighted by molar-refractivity contribution is -0.114. The lowest BCUT2D eigenvalue weighted by atomic mass is 10.0. The largest absolute Gasteiger partial charge is 0.326 e. The molecule has 0 spiro atoms. The Bertz CT molecular complexity index is 1120. The predicted molar refractivity (Wildman–Crippen MR) is 101 cm³/mol. The second-order valence-corrected chi connectivity index (χ2v) is 6.30. The molecular formula is C19H18N6O. The first-order chi connectivity index (χ1) is 12.5. The van der Waals surface area contributed by atoms with E-state index in [-0.39, 0.29) is 5.91 Å². The van der Waals surface area contributed by atoms with E-state index < -0.39 is 0 Å². The Hall–Kier alpha value is -3.48. The number of rotatable bonds is 3. The van der Waals surface area contributed by atoms with Crippen molar-refractivity contribution in [2.45, 2.75) is 13.8 Å². The molecule has 3 heterocycles. The van der Waals surface area contributed by atoms with Crippen LogP contribution in [0.3, 0.4) is 0 Å². The number of aromatic amines is 1. The van der Waals surface area contributed by atoms with E-state index in [1.54, 1.807) is 17.1 Å². The van der Waals surface area contributed by atoms with Crippen molar-refractivity contribution in [1.29, 1.82) is 0 Å². The molecule has 0 aliphatic heterocycles. The summed E-state index contributed by atoms with van der Waals surface area (Å²) >= 11 is 0. The highest BCUT2D eigenvalue weighted by atomic mass is 16.1. The SMILES string of the molecule is CC(=O)Nc1ccc(-c2cc3c(-c4cnn(C)c4)n[nH]c3cn2)c(C)c1. The van der Waals surface area contributed by atoms with Crippen molar-refractivity contribution in [1.82, 2.24) is 25.0 Å². The molecule has 0 bridgehead atoms. The first-order valence-electron chi connectivity index (χ1n) is 8.23. The number of aryl methyl sites for hydroxylation is 2. The van der Waals surface area contributed by atoms with Crippen molar-refractivity contribution in [3.63, 3.8) is 0 Å². The predicted octanol–water partition coefficient (Wildman–Crippen LogP) is 3.29. The Morgan fingerprint density at radius 1 is 1.23 bits per heavy atom. The number of H-pyrrole nitrogens is 1. The van der Waals surface area contributed by atoms with Gasteiger partial charge in [0.05, 0.1) is 23.6 Å². The van der Waals surface area contributed by atoms with E-state index in [0.717, 1.165) is 44.7 Å². The lowest BCUT2D eigenvalue weighted by Crippen LogP contribution is -2.05. The van der Waals surface area contributed by atoms with Crippen LogP contribution in [-0.2, 0) is 11.8 Å². The average Bonchev–Trinajstić information content (AvgIpc) is 3.19. The van der Waals surface area contributed by atoms with E-state index in [1.165, 1.54) is 6.92 Å². The summed E-state index contributed by atoms with van der Waals surface area (Å²) in [4.78, 5) is 15.8. The van der Waals surface area contributed by atoms with Gasteiger partial charge in [-0.2, -0.15) is 10.2 Å². The van der Waals surface area contributed by atoms with E-state index in [0.29, 0.717) is 0 Å². The highest BCUT2D eigenvalue weighted by Gasteiger charge is 2.13. The quantitative estimate of drug-likeness (QED) is 0.596. The molecule has 0 atom stereocenters. The van der Waals surface area contributed by atoms with Crippen LogP contribution in [0.4, 0.5) is 5.69 Å². The smallest absolute Gasteiger partial charge is 0.221 e. The van der Waals surface area contributed by atoms with Crippen LogP contribution < -0.4 is 5.32 Å². The van der Waals surface area contributed by atoms with Gasteiger partial charge in [0.25, 0.3) is 0 Å². The van der Waals surface area contributed by atoms with Crippen LogP contribution >= 0.6 is 0 Å². The normalized spacial score (nSPS) is 11.0. The van der Waals surface area contributed by atoms with Gasteiger partial charge in [0, 0.05) is 42.4 Å². The van der Waals surface area contributed by atoms with E-state index in [1.807, 2.05) is 44.4 Å². The van der Waals surface area contributed by atoms with Gasteiger partial charge in [0.15, 0.2) is 0 Å². The van der Waals surface area contributed by atoms with Gasteiger partial charge in [0.2, 0.25) is 5.91 Å². The standard InChI is InChI=1S/C19H18N6O/c1-11-6-14(22-12(2)26)4-5-15(11)17-7-16-18(9-20-17)23-24-19(16)13-8-21-25(3)10-13/h4-10H,1-3H3,(H,22,26)(H,23,24). The number of carbonyl (C=O) groups is 1. The highest BCUT2D eigenvalue weighted by molar-refractivity contribution is 5.94. The molecular weight excluding hydrogens is 328 g/mol. The van der Waals surface area contributed by atoms with Crippen LogP contribution in [0.2, 0.25) is 0 Å². The average molecular weight is 346 g/mol. The fourth-order valence-corrected chi connectivity index (χ4v) is 3.06. The summed E-state index contributed by atoms with van der Waals surface area (Å²) in [5, 5.41) is 15.5. The van der Waals surface area contributed by atoms with E-state index in [4.69, 9.17) is 0 Å². The first-order valence-corrected chi connectivity index (χ1v) is 8.23. The number of anilines is 1. The Morgan fingerprint density at radius 2 is 2.08 bits per heavy atom. The van der Waals surface area contributed by atoms with Gasteiger partial charge in [-0.25, -0.2) is 0 Å². The number of aromatic nitrogens is 5. The molecule has 1 aromatic carbocycles. The van der Waals surface area contributed by atoms with Crippen LogP contribution in [0.5, 0.6) is 0 Å². The van der Waals surface area contributed by atoms with Crippen molar-refractivity contribution in [3.05, 3.63) is 48.4 Å². The molecule has 3 aromatic heterocycles. The Labute approximate surface area is 150 Å². The monoisotopic (exact) mass is 346 g/mol. The summed E-state index contributed by atoms with van der Waals surface area (Å²) in [6.07, 6.45) is 5.52. The van der Waals surface area contributed by atoms with E-state index >= 15 is 0 Å². The van der Waals surface area contributed by atoms with E-state index in [2.05, 4.69) is 25.6 Å². The molecule has 0 aliphatic carbocycles. The van der Waals surface area contributed by atoms with Gasteiger partial charge in [-0.05, 0) is 30.7 Å². The maximum absolute atomic E-state index is 11.2. The molecule has 130 valence electrons. The number of hydrogen-bond donors (Lipinski definition) is 2. The van der Waals surface area contributed by atoms with Gasteiger partial charge in [-0.1, -0.05) is 6.07 Å². The van der Waals surface area contributed by atoms with Gasteiger partial charge >= 0.3 is 0 Å². The van der Waals surface area contributed by atoms with Crippen LogP contribution in [0, 0.1) is 6.92 Å². The summed E-state index contributed by atoms with van der Waals surface area (Å²) in [6, 6.07) is 7.83. The summed E-state index contributed by atoms with van der Waals surface area (Å²) in [6.45, 7) is 3.50. The van der Waals surface area contributed by atoms with Crippen molar-refractivity contribution in [2.75, 3.05) is 5.32 Å².